The highest BCUT2D eigenvalue weighted by molar-refractivity contribution is 7.10. The van der Waals surface area contributed by atoms with Crippen molar-refractivity contribution < 1.29 is 24.0 Å². The number of ketones is 1. The Labute approximate surface area is 199 Å². The summed E-state index contributed by atoms with van der Waals surface area (Å²) >= 11 is 7.63. The van der Waals surface area contributed by atoms with E-state index < -0.39 is 11.9 Å². The number of carbonyl (C=O) groups is 5. The molecule has 1 unspecified atom stereocenters. The van der Waals surface area contributed by atoms with Gasteiger partial charge in [-0.1, -0.05) is 17.7 Å². The number of hydrogen-bond donors (Lipinski definition) is 2. The van der Waals surface area contributed by atoms with Crippen LogP contribution in [-0.4, -0.2) is 40.4 Å². The van der Waals surface area contributed by atoms with Crippen LogP contribution in [0, 0.1) is 0 Å². The summed E-state index contributed by atoms with van der Waals surface area (Å²) in [5, 5.41) is 7.08. The summed E-state index contributed by atoms with van der Waals surface area (Å²) in [4.78, 5) is 62.6. The number of rotatable bonds is 7. The highest BCUT2D eigenvalue weighted by Crippen LogP contribution is 2.34. The van der Waals surface area contributed by atoms with E-state index in [-0.39, 0.29) is 36.3 Å². The number of benzene rings is 1. The number of aryl methyl sites for hydroxylation is 1. The van der Waals surface area contributed by atoms with Crippen LogP contribution >= 0.6 is 22.9 Å². The average molecular weight is 488 g/mol. The van der Waals surface area contributed by atoms with Crippen molar-refractivity contribution in [3.63, 3.8) is 0 Å². The second kappa shape index (κ2) is 9.44. The number of hydrogen-bond acceptors (Lipinski definition) is 6. The Morgan fingerprint density at radius 1 is 1.27 bits per heavy atom. The quantitative estimate of drug-likeness (QED) is 0.583. The molecule has 172 valence electrons. The van der Waals surface area contributed by atoms with Gasteiger partial charge in [0.15, 0.2) is 0 Å². The Kier molecular flexibility index (Phi) is 6.62. The number of carbonyl (C=O) groups excluding carboxylic acids is 5. The lowest BCUT2D eigenvalue weighted by atomic mass is 10.0. The Morgan fingerprint density at radius 3 is 2.76 bits per heavy atom. The minimum absolute atomic E-state index is 0.0341. The summed E-state index contributed by atoms with van der Waals surface area (Å²) in [6.45, 7) is 1.71. The number of nitrogens with one attached hydrogen (secondary N) is 2. The highest BCUT2D eigenvalue weighted by Gasteiger charge is 2.40. The number of Topliss-reactive ketones (excluding diaryl/α,β-unsaturated/α-hetero) is 1. The van der Waals surface area contributed by atoms with Gasteiger partial charge in [0.1, 0.15) is 11.8 Å². The van der Waals surface area contributed by atoms with E-state index in [1.165, 1.54) is 23.2 Å². The second-order valence-corrected chi connectivity index (χ2v) is 9.53. The molecule has 33 heavy (non-hydrogen) atoms. The molecular formula is C23H22ClN3O5S. The van der Waals surface area contributed by atoms with Crippen molar-refractivity contribution in [2.75, 3.05) is 5.32 Å². The van der Waals surface area contributed by atoms with Gasteiger partial charge >= 0.3 is 0 Å². The van der Waals surface area contributed by atoms with Crippen LogP contribution in [0.25, 0.3) is 0 Å². The summed E-state index contributed by atoms with van der Waals surface area (Å²) in [7, 11) is 0. The smallest absolute Gasteiger partial charge is 0.256 e. The lowest BCUT2D eigenvalue weighted by molar-refractivity contribution is -0.137. The molecule has 1 fully saturated rings. The minimum Gasteiger partial charge on any atom is -0.325 e. The van der Waals surface area contributed by atoms with Crippen LogP contribution in [0.15, 0.2) is 23.6 Å². The molecule has 4 rings (SSSR count). The monoisotopic (exact) mass is 487 g/mol. The Balaban J connectivity index is 1.36. The van der Waals surface area contributed by atoms with Crippen molar-refractivity contribution in [2.24, 2.45) is 0 Å². The Bertz CT molecular complexity index is 1170. The predicted molar refractivity (Wildman–Crippen MR) is 123 cm³/mol. The van der Waals surface area contributed by atoms with Crippen LogP contribution in [0.4, 0.5) is 5.69 Å². The fourth-order valence-corrected chi connectivity index (χ4v) is 5.43. The number of halogens is 1. The first kappa shape index (κ1) is 23.1. The van der Waals surface area contributed by atoms with Gasteiger partial charge in [0, 0.05) is 43.0 Å². The first-order valence-corrected chi connectivity index (χ1v) is 11.8. The highest BCUT2D eigenvalue weighted by atomic mass is 35.5. The van der Waals surface area contributed by atoms with Gasteiger partial charge in [-0.25, -0.2) is 0 Å². The van der Waals surface area contributed by atoms with Crippen molar-refractivity contribution in [2.45, 2.75) is 51.6 Å². The molecular weight excluding hydrogens is 466 g/mol. The lowest BCUT2D eigenvalue weighted by Gasteiger charge is -2.29. The van der Waals surface area contributed by atoms with E-state index in [4.69, 9.17) is 11.6 Å². The van der Waals surface area contributed by atoms with E-state index in [2.05, 4.69) is 10.6 Å². The number of nitrogens with zero attached hydrogens (tertiary/aromatic N) is 1. The van der Waals surface area contributed by atoms with Crippen LogP contribution < -0.4 is 10.6 Å². The Hall–Kier alpha value is -3.04. The summed E-state index contributed by atoms with van der Waals surface area (Å²) in [5.41, 5.74) is 2.70. The van der Waals surface area contributed by atoms with Crippen LogP contribution in [0.2, 0.25) is 5.02 Å². The number of fused-ring (bicyclic) bond motifs is 1. The maximum absolute atomic E-state index is 12.8. The van der Waals surface area contributed by atoms with Gasteiger partial charge in [-0.2, -0.15) is 0 Å². The molecule has 2 aromatic rings. The van der Waals surface area contributed by atoms with Crippen LogP contribution in [-0.2, 0) is 38.6 Å². The maximum Gasteiger partial charge on any atom is 0.256 e. The largest absolute Gasteiger partial charge is 0.325 e. The molecule has 0 radical (unpaired) electrons. The van der Waals surface area contributed by atoms with Crippen LogP contribution in [0.5, 0.6) is 0 Å². The molecule has 4 amide bonds. The third-order valence-corrected chi connectivity index (χ3v) is 7.16. The zero-order valence-corrected chi connectivity index (χ0v) is 19.5. The van der Waals surface area contributed by atoms with Gasteiger partial charge < -0.3 is 10.2 Å². The van der Waals surface area contributed by atoms with Crippen molar-refractivity contribution >= 4 is 58.0 Å². The maximum atomic E-state index is 12.8. The fraction of sp³-hybridized carbons (Fsp3) is 0.348. The molecule has 8 nitrogen and oxygen atoms in total. The molecule has 2 N–H and O–H groups in total. The van der Waals surface area contributed by atoms with Crippen molar-refractivity contribution in [1.29, 1.82) is 0 Å². The third kappa shape index (κ3) is 4.99. The molecule has 2 aliphatic rings. The predicted octanol–water partition coefficient (Wildman–Crippen LogP) is 2.87. The normalized spacial score (nSPS) is 17.7. The van der Waals surface area contributed by atoms with Gasteiger partial charge in [0.05, 0.1) is 16.3 Å². The average Bonchev–Trinajstić information content (AvgIpc) is 3.28. The molecule has 2 aliphatic heterocycles. The second-order valence-electron chi connectivity index (χ2n) is 8.16. The number of piperidine rings is 1. The van der Waals surface area contributed by atoms with E-state index >= 15 is 0 Å². The summed E-state index contributed by atoms with van der Waals surface area (Å²) < 4.78 is 0. The van der Waals surface area contributed by atoms with E-state index in [0.717, 1.165) is 16.0 Å². The zero-order chi connectivity index (χ0) is 23.7. The van der Waals surface area contributed by atoms with Crippen molar-refractivity contribution in [1.82, 2.24) is 10.2 Å². The van der Waals surface area contributed by atoms with Gasteiger partial charge in [-0.3, -0.25) is 29.3 Å². The van der Waals surface area contributed by atoms with E-state index in [1.54, 1.807) is 23.6 Å². The molecule has 0 aliphatic carbocycles. The molecule has 0 bridgehead atoms. The molecule has 3 heterocycles. The first-order valence-electron chi connectivity index (χ1n) is 10.5. The molecule has 0 saturated carbocycles. The lowest BCUT2D eigenvalue weighted by Crippen LogP contribution is -2.52. The molecule has 0 spiro atoms. The van der Waals surface area contributed by atoms with Gasteiger partial charge in [0.25, 0.3) is 5.91 Å². The third-order valence-electron chi connectivity index (χ3n) is 5.76. The van der Waals surface area contributed by atoms with Gasteiger partial charge in [0.2, 0.25) is 17.7 Å². The van der Waals surface area contributed by atoms with Crippen LogP contribution in [0.1, 0.15) is 52.5 Å². The fourth-order valence-electron chi connectivity index (χ4n) is 4.14. The first-order chi connectivity index (χ1) is 15.7. The number of amides is 4. The van der Waals surface area contributed by atoms with Crippen LogP contribution in [0.3, 0.4) is 0 Å². The number of imide groups is 1. The topological polar surface area (TPSA) is 113 Å². The molecule has 1 aromatic carbocycles. The standard InChI is InChI=1S/C23H22ClN3O5S/c1-12(28)25-18-4-2-13(9-17(18)24)8-14(29)3-6-20-15-10-27(23(32)16(15)11-33-20)19-5-7-21(30)26-22(19)31/h2,4,9,11,19H,3,5-8,10H2,1H3,(H,25,28)(H,26,30,31). The number of thiophene rings is 1. The zero-order valence-electron chi connectivity index (χ0n) is 17.9. The molecule has 10 heteroatoms. The molecule has 1 atom stereocenters. The van der Waals surface area contributed by atoms with E-state index in [0.29, 0.717) is 42.1 Å². The van der Waals surface area contributed by atoms with Gasteiger partial charge in [-0.05, 0) is 36.1 Å². The summed E-state index contributed by atoms with van der Waals surface area (Å²) in [6.07, 6.45) is 1.57. The van der Waals surface area contributed by atoms with Crippen molar-refractivity contribution in [3.8, 4) is 0 Å². The summed E-state index contributed by atoms with van der Waals surface area (Å²) in [5.74, 6) is -1.15. The SMILES string of the molecule is CC(=O)Nc1ccc(CC(=O)CCc2scc3c2CN(C2CCC(=O)NC2=O)C3=O)cc1Cl. The number of anilines is 1. The molecule has 1 aromatic heterocycles. The Morgan fingerprint density at radius 2 is 2.06 bits per heavy atom. The van der Waals surface area contributed by atoms with Gasteiger partial charge in [-0.15, -0.1) is 11.3 Å². The minimum atomic E-state index is -0.646. The van der Waals surface area contributed by atoms with E-state index in [1.807, 2.05) is 0 Å². The van der Waals surface area contributed by atoms with E-state index in [9.17, 15) is 24.0 Å². The van der Waals surface area contributed by atoms with Crippen molar-refractivity contribution in [3.05, 3.63) is 50.2 Å². The summed E-state index contributed by atoms with van der Waals surface area (Å²) in [6, 6.07) is 4.46. The molecule has 1 saturated heterocycles.